The van der Waals surface area contributed by atoms with Gasteiger partial charge >= 0.3 is 0 Å². The zero-order chi connectivity index (χ0) is 24.4. The van der Waals surface area contributed by atoms with Crippen LogP contribution in [0.1, 0.15) is 32.9 Å². The first kappa shape index (κ1) is 22.8. The van der Waals surface area contributed by atoms with E-state index in [1.54, 1.807) is 47.4 Å². The van der Waals surface area contributed by atoms with Crippen molar-refractivity contribution in [2.45, 2.75) is 12.8 Å². The van der Waals surface area contributed by atoms with Gasteiger partial charge in [0.1, 0.15) is 6.54 Å². The van der Waals surface area contributed by atoms with Gasteiger partial charge in [0.25, 0.3) is 11.8 Å². The van der Waals surface area contributed by atoms with Gasteiger partial charge in [-0.15, -0.1) is 11.3 Å². The van der Waals surface area contributed by atoms with E-state index < -0.39 is 0 Å². The molecule has 0 atom stereocenters. The first-order valence-corrected chi connectivity index (χ1v) is 12.3. The number of amides is 4. The highest BCUT2D eigenvalue weighted by Gasteiger charge is 2.29. The fourth-order valence-electron chi connectivity index (χ4n) is 4.41. The molecule has 3 aromatic rings. The summed E-state index contributed by atoms with van der Waals surface area (Å²) in [6.07, 6.45) is 1.21. The van der Waals surface area contributed by atoms with E-state index in [0.717, 1.165) is 4.88 Å². The molecule has 3 heterocycles. The Bertz CT molecular complexity index is 1260. The molecule has 0 radical (unpaired) electrons. The average molecular weight is 489 g/mol. The molecule has 0 aliphatic carbocycles. The third kappa shape index (κ3) is 4.81. The lowest BCUT2D eigenvalue weighted by atomic mass is 9.95. The molecule has 0 unspecified atom stereocenters. The summed E-state index contributed by atoms with van der Waals surface area (Å²) >= 11 is 1.43. The number of carbonyl (C=O) groups excluding carboxylic acids is 4. The van der Waals surface area contributed by atoms with Gasteiger partial charge in [-0.2, -0.15) is 0 Å². The van der Waals surface area contributed by atoms with Crippen molar-refractivity contribution < 1.29 is 19.2 Å². The molecule has 2 N–H and O–H groups in total. The maximum atomic E-state index is 13.1. The van der Waals surface area contributed by atoms with E-state index in [1.807, 2.05) is 23.6 Å². The molecule has 1 fully saturated rings. The van der Waals surface area contributed by atoms with Gasteiger partial charge in [-0.3, -0.25) is 24.1 Å². The maximum Gasteiger partial charge on any atom is 0.263 e. The molecule has 8 nitrogen and oxygen atoms in total. The highest BCUT2D eigenvalue weighted by molar-refractivity contribution is 7.12. The van der Waals surface area contributed by atoms with Crippen molar-refractivity contribution in [2.75, 3.05) is 35.2 Å². The minimum atomic E-state index is -0.284. The standard InChI is InChI=1S/C26H24N4O4S/c31-23-16-30(21-5-2-1-4-20(21)28-23)25(33)18-7-9-19(10-8-18)27-24(32)17-11-13-29(14-12-17)26(34)22-6-3-15-35-22/h1-10,15,17H,11-14,16H2,(H,27,32)(H,28,31). The first-order chi connectivity index (χ1) is 17.0. The molecule has 4 amide bonds. The molecule has 5 rings (SSSR count). The molecule has 1 aromatic heterocycles. The normalized spacial score (nSPS) is 15.8. The van der Waals surface area contributed by atoms with Crippen molar-refractivity contribution in [3.8, 4) is 0 Å². The number of fused-ring (bicyclic) bond motifs is 1. The number of likely N-dealkylation sites (tertiary alicyclic amines) is 1. The maximum absolute atomic E-state index is 13.1. The Balaban J connectivity index is 1.19. The van der Waals surface area contributed by atoms with Gasteiger partial charge in [-0.05, 0) is 60.7 Å². The molecule has 35 heavy (non-hydrogen) atoms. The molecule has 9 heteroatoms. The first-order valence-electron chi connectivity index (χ1n) is 11.4. The fourth-order valence-corrected chi connectivity index (χ4v) is 5.10. The average Bonchev–Trinajstić information content (AvgIpc) is 3.43. The van der Waals surface area contributed by atoms with Gasteiger partial charge in [0.05, 0.1) is 16.3 Å². The van der Waals surface area contributed by atoms with Crippen LogP contribution in [-0.2, 0) is 9.59 Å². The second kappa shape index (κ2) is 9.71. The van der Waals surface area contributed by atoms with E-state index in [4.69, 9.17) is 0 Å². The van der Waals surface area contributed by atoms with Crippen LogP contribution in [0.15, 0.2) is 66.0 Å². The summed E-state index contributed by atoms with van der Waals surface area (Å²) in [6.45, 7) is 1.04. The van der Waals surface area contributed by atoms with Gasteiger partial charge in [0, 0.05) is 30.3 Å². The molecule has 178 valence electrons. The largest absolute Gasteiger partial charge is 0.338 e. The zero-order valence-corrected chi connectivity index (χ0v) is 19.7. The van der Waals surface area contributed by atoms with Crippen molar-refractivity contribution in [3.05, 3.63) is 76.5 Å². The number of benzene rings is 2. The lowest BCUT2D eigenvalue weighted by Crippen LogP contribution is -2.42. The van der Waals surface area contributed by atoms with Crippen molar-refractivity contribution >= 4 is 52.0 Å². The summed E-state index contributed by atoms with van der Waals surface area (Å²) in [6, 6.07) is 17.5. The van der Waals surface area contributed by atoms with Crippen molar-refractivity contribution in [2.24, 2.45) is 5.92 Å². The molecule has 1 saturated heterocycles. The van der Waals surface area contributed by atoms with Crippen LogP contribution in [0, 0.1) is 5.92 Å². The Kier molecular flexibility index (Phi) is 6.33. The SMILES string of the molecule is O=C1CN(C(=O)c2ccc(NC(=O)C3CCN(C(=O)c4cccs4)CC3)cc2)c2ccccc2N1. The van der Waals surface area contributed by atoms with E-state index in [1.165, 1.54) is 16.2 Å². The second-order valence-corrected chi connectivity index (χ2v) is 9.51. The fraction of sp³-hybridized carbons (Fsp3) is 0.231. The molecule has 2 aliphatic heterocycles. The zero-order valence-electron chi connectivity index (χ0n) is 18.9. The van der Waals surface area contributed by atoms with E-state index in [2.05, 4.69) is 10.6 Å². The Morgan fingerprint density at radius 3 is 2.37 bits per heavy atom. The van der Waals surface area contributed by atoms with E-state index in [0.29, 0.717) is 48.6 Å². The van der Waals surface area contributed by atoms with Crippen molar-refractivity contribution in [1.82, 2.24) is 4.90 Å². The van der Waals surface area contributed by atoms with Crippen LogP contribution in [0.4, 0.5) is 17.1 Å². The Labute approximate surface area is 206 Å². The summed E-state index contributed by atoms with van der Waals surface area (Å²) in [4.78, 5) is 54.4. The number of anilines is 3. The summed E-state index contributed by atoms with van der Waals surface area (Å²) in [7, 11) is 0. The molecular formula is C26H24N4O4S. The number of para-hydroxylation sites is 2. The highest BCUT2D eigenvalue weighted by atomic mass is 32.1. The molecule has 0 bridgehead atoms. The lowest BCUT2D eigenvalue weighted by molar-refractivity contribution is -0.121. The number of rotatable bonds is 4. The molecule has 0 spiro atoms. The minimum absolute atomic E-state index is 0.0212. The van der Waals surface area contributed by atoms with Gasteiger partial charge in [0.15, 0.2) is 0 Å². The number of carbonyl (C=O) groups is 4. The Hall–Kier alpha value is -3.98. The number of hydrogen-bond donors (Lipinski definition) is 2. The minimum Gasteiger partial charge on any atom is -0.338 e. The number of thiophene rings is 1. The topological polar surface area (TPSA) is 98.8 Å². The van der Waals surface area contributed by atoms with Crippen molar-refractivity contribution in [3.63, 3.8) is 0 Å². The smallest absolute Gasteiger partial charge is 0.263 e. The van der Waals surface area contributed by atoms with E-state index >= 15 is 0 Å². The summed E-state index contributed by atoms with van der Waals surface area (Å²) in [5.74, 6) is -0.772. The van der Waals surface area contributed by atoms with Crippen LogP contribution >= 0.6 is 11.3 Å². The van der Waals surface area contributed by atoms with E-state index in [9.17, 15) is 19.2 Å². The number of nitrogens with one attached hydrogen (secondary N) is 2. The van der Waals surface area contributed by atoms with Gasteiger partial charge in [0.2, 0.25) is 11.8 Å². The van der Waals surface area contributed by atoms with Gasteiger partial charge < -0.3 is 15.5 Å². The third-order valence-corrected chi connectivity index (χ3v) is 7.16. The van der Waals surface area contributed by atoms with Crippen LogP contribution in [0.25, 0.3) is 0 Å². The van der Waals surface area contributed by atoms with Gasteiger partial charge in [-0.1, -0.05) is 18.2 Å². The quantitative estimate of drug-likeness (QED) is 0.583. The predicted molar refractivity (Wildman–Crippen MR) is 135 cm³/mol. The molecular weight excluding hydrogens is 464 g/mol. The molecule has 2 aliphatic rings. The van der Waals surface area contributed by atoms with E-state index in [-0.39, 0.29) is 36.1 Å². The summed E-state index contributed by atoms with van der Waals surface area (Å²) < 4.78 is 0. The second-order valence-electron chi connectivity index (χ2n) is 8.57. The van der Waals surface area contributed by atoms with Crippen molar-refractivity contribution in [1.29, 1.82) is 0 Å². The summed E-state index contributed by atoms with van der Waals surface area (Å²) in [5, 5.41) is 7.58. The van der Waals surface area contributed by atoms with Crippen LogP contribution < -0.4 is 15.5 Å². The number of hydrogen-bond acceptors (Lipinski definition) is 5. The summed E-state index contributed by atoms with van der Waals surface area (Å²) in [5.41, 5.74) is 2.27. The third-order valence-electron chi connectivity index (χ3n) is 6.30. The number of piperidine rings is 1. The Morgan fingerprint density at radius 1 is 0.914 bits per heavy atom. The monoisotopic (exact) mass is 488 g/mol. The molecule has 2 aromatic carbocycles. The highest BCUT2D eigenvalue weighted by Crippen LogP contribution is 2.30. The predicted octanol–water partition coefficient (Wildman–Crippen LogP) is 3.84. The van der Waals surface area contributed by atoms with Crippen LogP contribution in [-0.4, -0.2) is 48.2 Å². The lowest BCUT2D eigenvalue weighted by Gasteiger charge is -2.31. The van der Waals surface area contributed by atoms with Crippen LogP contribution in [0.2, 0.25) is 0 Å². The van der Waals surface area contributed by atoms with Crippen LogP contribution in [0.3, 0.4) is 0 Å². The Morgan fingerprint density at radius 2 is 1.66 bits per heavy atom. The van der Waals surface area contributed by atoms with Crippen LogP contribution in [0.5, 0.6) is 0 Å². The molecule has 0 saturated carbocycles. The van der Waals surface area contributed by atoms with Gasteiger partial charge in [-0.25, -0.2) is 0 Å². The number of nitrogens with zero attached hydrogens (tertiary/aromatic N) is 2.